The van der Waals surface area contributed by atoms with Crippen LogP contribution in [-0.4, -0.2) is 50.7 Å². The summed E-state index contributed by atoms with van der Waals surface area (Å²) in [6, 6.07) is 4.44. The van der Waals surface area contributed by atoms with Gasteiger partial charge in [0.25, 0.3) is 0 Å². The van der Waals surface area contributed by atoms with E-state index in [1.54, 1.807) is 0 Å². The smallest absolute Gasteiger partial charge is 0.128 e. The lowest BCUT2D eigenvalue weighted by molar-refractivity contribution is 0.222. The summed E-state index contributed by atoms with van der Waals surface area (Å²) >= 11 is 0. The number of hydrogen-bond acceptors (Lipinski definition) is 4. The van der Waals surface area contributed by atoms with Gasteiger partial charge in [0.2, 0.25) is 0 Å². The molecule has 0 saturated carbocycles. The van der Waals surface area contributed by atoms with E-state index in [-0.39, 0.29) is 0 Å². The second-order valence-electron chi connectivity index (χ2n) is 6.34. The molecule has 2 rings (SSSR count). The van der Waals surface area contributed by atoms with E-state index < -0.39 is 0 Å². The van der Waals surface area contributed by atoms with Crippen LogP contribution in [0.1, 0.15) is 31.0 Å². The summed E-state index contributed by atoms with van der Waals surface area (Å²) in [7, 11) is 6.40. The standard InChI is InChI=1S/C17H30N4/c1-5-16-10-15(12-18-2)11-17(19-16)21(4)13-14-6-8-20(3)9-7-14/h10-11,14,18H,5-9,12-13H2,1-4H3. The molecule has 1 N–H and O–H groups in total. The van der Waals surface area contributed by atoms with Crippen LogP contribution >= 0.6 is 0 Å². The topological polar surface area (TPSA) is 31.4 Å². The quantitative estimate of drug-likeness (QED) is 0.870. The van der Waals surface area contributed by atoms with Crippen LogP contribution < -0.4 is 10.2 Å². The molecule has 1 fully saturated rings. The first kappa shape index (κ1) is 16.2. The van der Waals surface area contributed by atoms with Crippen LogP contribution in [0.4, 0.5) is 5.82 Å². The molecule has 4 nitrogen and oxygen atoms in total. The highest BCUT2D eigenvalue weighted by Gasteiger charge is 2.19. The fraction of sp³-hybridized carbons (Fsp3) is 0.706. The molecule has 21 heavy (non-hydrogen) atoms. The van der Waals surface area contributed by atoms with Crippen LogP contribution in [0.15, 0.2) is 12.1 Å². The van der Waals surface area contributed by atoms with Crippen molar-refractivity contribution >= 4 is 5.82 Å². The van der Waals surface area contributed by atoms with E-state index in [9.17, 15) is 0 Å². The Kier molecular flexibility index (Phi) is 6.00. The normalized spacial score (nSPS) is 17.1. The van der Waals surface area contributed by atoms with Gasteiger partial charge in [0, 0.05) is 25.8 Å². The number of rotatable bonds is 6. The zero-order chi connectivity index (χ0) is 15.2. The molecule has 118 valence electrons. The fourth-order valence-corrected chi connectivity index (χ4v) is 3.04. The molecule has 1 aliphatic rings. The molecule has 0 atom stereocenters. The highest BCUT2D eigenvalue weighted by molar-refractivity contribution is 5.42. The largest absolute Gasteiger partial charge is 0.359 e. The maximum atomic E-state index is 4.80. The lowest BCUT2D eigenvalue weighted by Gasteiger charge is -2.32. The van der Waals surface area contributed by atoms with Crippen molar-refractivity contribution in [2.75, 3.05) is 45.7 Å². The average Bonchev–Trinajstić information content (AvgIpc) is 2.49. The first-order valence-corrected chi connectivity index (χ1v) is 8.16. The third-order valence-electron chi connectivity index (χ3n) is 4.43. The van der Waals surface area contributed by atoms with Crippen molar-refractivity contribution in [1.82, 2.24) is 15.2 Å². The van der Waals surface area contributed by atoms with Crippen LogP contribution in [0.2, 0.25) is 0 Å². The number of piperidine rings is 1. The predicted octanol–water partition coefficient (Wildman–Crippen LogP) is 2.14. The first-order valence-electron chi connectivity index (χ1n) is 8.16. The first-order chi connectivity index (χ1) is 10.1. The average molecular weight is 290 g/mol. The molecule has 0 spiro atoms. The number of aromatic nitrogens is 1. The van der Waals surface area contributed by atoms with Crippen LogP contribution in [-0.2, 0) is 13.0 Å². The van der Waals surface area contributed by atoms with Crippen molar-refractivity contribution in [2.45, 2.75) is 32.7 Å². The van der Waals surface area contributed by atoms with Crippen molar-refractivity contribution in [3.05, 3.63) is 23.4 Å². The second-order valence-corrected chi connectivity index (χ2v) is 6.34. The molecule has 2 heterocycles. The molecule has 0 bridgehead atoms. The van der Waals surface area contributed by atoms with E-state index in [0.717, 1.165) is 31.2 Å². The van der Waals surface area contributed by atoms with E-state index >= 15 is 0 Å². The SMILES string of the molecule is CCc1cc(CNC)cc(N(C)CC2CCN(C)CC2)n1. The third-order valence-corrected chi connectivity index (χ3v) is 4.43. The van der Waals surface area contributed by atoms with Gasteiger partial charge < -0.3 is 15.1 Å². The summed E-state index contributed by atoms with van der Waals surface area (Å²) in [6.45, 7) is 6.65. The van der Waals surface area contributed by atoms with Gasteiger partial charge in [0.1, 0.15) is 5.82 Å². The van der Waals surface area contributed by atoms with Crippen LogP contribution in [0.5, 0.6) is 0 Å². The number of anilines is 1. The van der Waals surface area contributed by atoms with Gasteiger partial charge in [-0.1, -0.05) is 6.92 Å². The van der Waals surface area contributed by atoms with Crippen molar-refractivity contribution in [3.8, 4) is 0 Å². The minimum Gasteiger partial charge on any atom is -0.359 e. The summed E-state index contributed by atoms with van der Waals surface area (Å²) < 4.78 is 0. The van der Waals surface area contributed by atoms with Gasteiger partial charge >= 0.3 is 0 Å². The summed E-state index contributed by atoms with van der Waals surface area (Å²) in [6.07, 6.45) is 3.60. The summed E-state index contributed by atoms with van der Waals surface area (Å²) in [5.74, 6) is 1.92. The monoisotopic (exact) mass is 290 g/mol. The summed E-state index contributed by atoms with van der Waals surface area (Å²) in [4.78, 5) is 9.57. The molecule has 0 radical (unpaired) electrons. The number of likely N-dealkylation sites (tertiary alicyclic amines) is 1. The molecule has 0 unspecified atom stereocenters. The van der Waals surface area contributed by atoms with Crippen molar-refractivity contribution < 1.29 is 0 Å². The van der Waals surface area contributed by atoms with E-state index in [2.05, 4.69) is 48.3 Å². The number of pyridine rings is 1. The lowest BCUT2D eigenvalue weighted by Crippen LogP contribution is -2.36. The molecular formula is C17H30N4. The van der Waals surface area contributed by atoms with Crippen molar-refractivity contribution in [1.29, 1.82) is 0 Å². The third kappa shape index (κ3) is 4.68. The highest BCUT2D eigenvalue weighted by atomic mass is 15.2. The summed E-state index contributed by atoms with van der Waals surface area (Å²) in [5, 5.41) is 3.24. The van der Waals surface area contributed by atoms with Crippen LogP contribution in [0.25, 0.3) is 0 Å². The Labute approximate surface area is 129 Å². The van der Waals surface area contributed by atoms with E-state index in [4.69, 9.17) is 4.98 Å². The number of hydrogen-bond donors (Lipinski definition) is 1. The van der Waals surface area contributed by atoms with Gasteiger partial charge in [0.05, 0.1) is 0 Å². The number of aryl methyl sites for hydroxylation is 1. The predicted molar refractivity (Wildman–Crippen MR) is 89.9 cm³/mol. The molecule has 0 aliphatic carbocycles. The van der Waals surface area contributed by atoms with Crippen molar-refractivity contribution in [2.24, 2.45) is 5.92 Å². The zero-order valence-electron chi connectivity index (χ0n) is 14.0. The van der Waals surface area contributed by atoms with Gasteiger partial charge in [-0.3, -0.25) is 0 Å². The number of nitrogens with zero attached hydrogens (tertiary/aromatic N) is 3. The zero-order valence-corrected chi connectivity index (χ0v) is 14.0. The Hall–Kier alpha value is -1.13. The van der Waals surface area contributed by atoms with Crippen LogP contribution in [0.3, 0.4) is 0 Å². The van der Waals surface area contributed by atoms with Crippen LogP contribution in [0, 0.1) is 5.92 Å². The molecule has 1 aliphatic heterocycles. The molecule has 4 heteroatoms. The Bertz CT molecular complexity index is 438. The number of nitrogens with one attached hydrogen (secondary N) is 1. The highest BCUT2D eigenvalue weighted by Crippen LogP contribution is 2.21. The molecule has 1 saturated heterocycles. The summed E-state index contributed by atoms with van der Waals surface area (Å²) in [5.41, 5.74) is 2.52. The Morgan fingerprint density at radius 2 is 2.05 bits per heavy atom. The Morgan fingerprint density at radius 1 is 1.33 bits per heavy atom. The van der Waals surface area contributed by atoms with E-state index in [1.807, 2.05) is 7.05 Å². The van der Waals surface area contributed by atoms with E-state index in [0.29, 0.717) is 0 Å². The molecule has 1 aromatic rings. The molecule has 1 aromatic heterocycles. The maximum absolute atomic E-state index is 4.80. The fourth-order valence-electron chi connectivity index (χ4n) is 3.04. The van der Waals surface area contributed by atoms with Gasteiger partial charge in [-0.2, -0.15) is 0 Å². The minimum absolute atomic E-state index is 0.797. The van der Waals surface area contributed by atoms with Gasteiger partial charge in [-0.25, -0.2) is 4.98 Å². The Balaban J connectivity index is 2.03. The van der Waals surface area contributed by atoms with Gasteiger partial charge in [-0.05, 0) is 70.1 Å². The van der Waals surface area contributed by atoms with Gasteiger partial charge in [-0.15, -0.1) is 0 Å². The second kappa shape index (κ2) is 7.76. The molecular weight excluding hydrogens is 260 g/mol. The van der Waals surface area contributed by atoms with Crippen molar-refractivity contribution in [3.63, 3.8) is 0 Å². The molecule has 0 aromatic carbocycles. The Morgan fingerprint density at radius 3 is 2.67 bits per heavy atom. The minimum atomic E-state index is 0.797. The van der Waals surface area contributed by atoms with E-state index in [1.165, 1.54) is 37.2 Å². The van der Waals surface area contributed by atoms with Gasteiger partial charge in [0.15, 0.2) is 0 Å². The molecule has 0 amide bonds. The lowest BCUT2D eigenvalue weighted by atomic mass is 9.96. The maximum Gasteiger partial charge on any atom is 0.128 e.